The Hall–Kier alpha value is -2.63. The molecule has 1 aromatic carbocycles. The molecule has 0 aliphatic rings. The summed E-state index contributed by atoms with van der Waals surface area (Å²) < 4.78 is 21.6. The zero-order chi connectivity index (χ0) is 18.6. The van der Waals surface area contributed by atoms with Crippen molar-refractivity contribution in [1.29, 1.82) is 0 Å². The van der Waals surface area contributed by atoms with Crippen molar-refractivity contribution < 1.29 is 23.4 Å². The molecule has 0 unspecified atom stereocenters. The van der Waals surface area contributed by atoms with Crippen molar-refractivity contribution in [3.05, 3.63) is 40.8 Å². The second-order valence-corrected chi connectivity index (χ2v) is 5.99. The smallest absolute Gasteiger partial charge is 0.255 e. The lowest BCUT2D eigenvalue weighted by Gasteiger charge is -2.14. The summed E-state index contributed by atoms with van der Waals surface area (Å²) in [6.45, 7) is 6.17. The number of hydrogen-bond acceptors (Lipinski definition) is 5. The maximum atomic E-state index is 12.4. The van der Waals surface area contributed by atoms with Crippen LogP contribution in [0.4, 0.5) is 0 Å². The van der Waals surface area contributed by atoms with Crippen molar-refractivity contribution in [3.63, 3.8) is 0 Å². The molecule has 0 saturated carbocycles. The number of benzene rings is 1. The zero-order valence-corrected chi connectivity index (χ0v) is 15.6. The number of rotatable bonds is 7. The Morgan fingerprint density at radius 3 is 2.12 bits per heavy atom. The molecule has 25 heavy (non-hydrogen) atoms. The maximum absolute atomic E-state index is 12.4. The first-order chi connectivity index (χ1) is 11.9. The highest BCUT2D eigenvalue weighted by Crippen LogP contribution is 2.38. The fourth-order valence-corrected chi connectivity index (χ4v) is 2.53. The van der Waals surface area contributed by atoms with E-state index >= 15 is 0 Å². The number of ether oxygens (including phenoxy) is 3. The molecule has 1 aromatic heterocycles. The van der Waals surface area contributed by atoms with Crippen molar-refractivity contribution in [3.8, 4) is 17.2 Å². The van der Waals surface area contributed by atoms with Crippen molar-refractivity contribution in [2.75, 3.05) is 21.3 Å². The van der Waals surface area contributed by atoms with Gasteiger partial charge in [0, 0.05) is 12.5 Å². The molecule has 1 heterocycles. The first-order valence-corrected chi connectivity index (χ1v) is 8.08. The van der Waals surface area contributed by atoms with E-state index in [0.717, 1.165) is 11.3 Å². The van der Waals surface area contributed by atoms with Gasteiger partial charge in [-0.15, -0.1) is 0 Å². The number of furan rings is 1. The van der Waals surface area contributed by atoms with Gasteiger partial charge in [-0.2, -0.15) is 0 Å². The molecule has 2 rings (SSSR count). The van der Waals surface area contributed by atoms with Crippen LogP contribution in [-0.4, -0.2) is 27.2 Å². The normalized spacial score (nSPS) is 10.7. The second-order valence-electron chi connectivity index (χ2n) is 5.99. The molecule has 136 valence electrons. The average Bonchev–Trinajstić information content (AvgIpc) is 3.00. The van der Waals surface area contributed by atoms with Crippen LogP contribution >= 0.6 is 0 Å². The number of carbonyl (C=O) groups excluding carboxylic acids is 1. The van der Waals surface area contributed by atoms with Crippen molar-refractivity contribution in [2.45, 2.75) is 33.2 Å². The highest BCUT2D eigenvalue weighted by Gasteiger charge is 2.17. The molecule has 6 nitrogen and oxygen atoms in total. The molecule has 0 spiro atoms. The predicted octanol–water partition coefficient (Wildman–Crippen LogP) is 3.67. The van der Waals surface area contributed by atoms with Crippen molar-refractivity contribution in [2.24, 2.45) is 0 Å². The molecular formula is C19H25NO5. The summed E-state index contributed by atoms with van der Waals surface area (Å²) in [5.41, 5.74) is 1.39. The molecular weight excluding hydrogens is 322 g/mol. The van der Waals surface area contributed by atoms with Gasteiger partial charge in [0.2, 0.25) is 5.75 Å². The molecule has 1 N–H and O–H groups in total. The minimum atomic E-state index is -0.179. The summed E-state index contributed by atoms with van der Waals surface area (Å²) in [7, 11) is 4.67. The van der Waals surface area contributed by atoms with Crippen molar-refractivity contribution >= 4 is 5.91 Å². The molecule has 2 aromatic rings. The molecule has 0 aliphatic carbocycles. The lowest BCUT2D eigenvalue weighted by atomic mass is 10.1. The van der Waals surface area contributed by atoms with Crippen LogP contribution in [0.1, 0.15) is 47.2 Å². The van der Waals surface area contributed by atoms with Gasteiger partial charge in [-0.05, 0) is 30.7 Å². The molecule has 0 aliphatic heterocycles. The lowest BCUT2D eigenvalue weighted by Crippen LogP contribution is -2.23. The molecule has 0 fully saturated rings. The largest absolute Gasteiger partial charge is 0.493 e. The van der Waals surface area contributed by atoms with E-state index in [0.29, 0.717) is 35.1 Å². The number of methoxy groups -OCH3 is 3. The van der Waals surface area contributed by atoms with E-state index in [4.69, 9.17) is 18.6 Å². The summed E-state index contributed by atoms with van der Waals surface area (Å²) >= 11 is 0. The number of aryl methyl sites for hydroxylation is 1. The minimum Gasteiger partial charge on any atom is -0.493 e. The SMILES string of the molecule is COc1cc(CNC(=O)c2cc(C(C)C)oc2C)cc(OC)c1OC. The fraction of sp³-hybridized carbons (Fsp3) is 0.421. The quantitative estimate of drug-likeness (QED) is 0.827. The number of carbonyl (C=O) groups is 1. The Morgan fingerprint density at radius 2 is 1.68 bits per heavy atom. The third-order valence-corrected chi connectivity index (χ3v) is 3.93. The van der Waals surface area contributed by atoms with E-state index in [1.165, 1.54) is 0 Å². The number of amides is 1. The first kappa shape index (κ1) is 18.7. The van der Waals surface area contributed by atoms with Crippen LogP contribution in [0.15, 0.2) is 22.6 Å². The predicted molar refractivity (Wildman–Crippen MR) is 94.8 cm³/mol. The molecule has 0 radical (unpaired) electrons. The summed E-state index contributed by atoms with van der Waals surface area (Å²) in [5.74, 6) is 3.09. The zero-order valence-electron chi connectivity index (χ0n) is 15.6. The van der Waals surface area contributed by atoms with Crippen LogP contribution in [0.25, 0.3) is 0 Å². The van der Waals surface area contributed by atoms with Crippen LogP contribution in [0, 0.1) is 6.92 Å². The highest BCUT2D eigenvalue weighted by molar-refractivity contribution is 5.95. The third kappa shape index (κ3) is 4.07. The van der Waals surface area contributed by atoms with Gasteiger partial charge in [-0.25, -0.2) is 0 Å². The van der Waals surface area contributed by atoms with E-state index < -0.39 is 0 Å². The molecule has 0 bridgehead atoms. The van der Waals surface area contributed by atoms with Crippen molar-refractivity contribution in [1.82, 2.24) is 5.32 Å². The fourth-order valence-electron chi connectivity index (χ4n) is 2.53. The van der Waals surface area contributed by atoms with Gasteiger partial charge in [0.05, 0.1) is 26.9 Å². The topological polar surface area (TPSA) is 69.9 Å². The van der Waals surface area contributed by atoms with E-state index in [1.54, 1.807) is 34.3 Å². The van der Waals surface area contributed by atoms with E-state index in [9.17, 15) is 4.79 Å². The number of hydrogen-bond donors (Lipinski definition) is 1. The maximum Gasteiger partial charge on any atom is 0.255 e. The van der Waals surface area contributed by atoms with Crippen LogP contribution in [-0.2, 0) is 6.54 Å². The molecule has 0 saturated heterocycles. The van der Waals surface area contributed by atoms with Gasteiger partial charge in [-0.3, -0.25) is 4.79 Å². The van der Waals surface area contributed by atoms with Gasteiger partial charge in [0.25, 0.3) is 5.91 Å². The Labute approximate surface area is 148 Å². The highest BCUT2D eigenvalue weighted by atomic mass is 16.5. The first-order valence-electron chi connectivity index (χ1n) is 8.08. The Morgan fingerprint density at radius 1 is 1.08 bits per heavy atom. The second kappa shape index (κ2) is 7.96. The Bertz CT molecular complexity index is 723. The molecule has 6 heteroatoms. The molecule has 1 amide bonds. The Balaban J connectivity index is 2.17. The summed E-state index contributed by atoms with van der Waals surface area (Å²) in [4.78, 5) is 12.4. The monoisotopic (exact) mass is 347 g/mol. The number of nitrogens with one attached hydrogen (secondary N) is 1. The van der Waals surface area contributed by atoms with Gasteiger partial charge in [0.15, 0.2) is 11.5 Å². The van der Waals surface area contributed by atoms with Crippen LogP contribution < -0.4 is 19.5 Å². The third-order valence-electron chi connectivity index (χ3n) is 3.93. The molecule has 0 atom stereocenters. The van der Waals surface area contributed by atoms with Gasteiger partial charge in [0.1, 0.15) is 11.5 Å². The Kier molecular flexibility index (Phi) is 5.96. The minimum absolute atomic E-state index is 0.179. The summed E-state index contributed by atoms with van der Waals surface area (Å²) in [6, 6.07) is 5.41. The van der Waals surface area contributed by atoms with Gasteiger partial charge in [-0.1, -0.05) is 13.8 Å². The van der Waals surface area contributed by atoms with Crippen LogP contribution in [0.3, 0.4) is 0 Å². The van der Waals surface area contributed by atoms with E-state index in [-0.39, 0.29) is 11.8 Å². The van der Waals surface area contributed by atoms with Crippen LogP contribution in [0.5, 0.6) is 17.2 Å². The van der Waals surface area contributed by atoms with E-state index in [2.05, 4.69) is 5.32 Å². The average molecular weight is 347 g/mol. The summed E-state index contributed by atoms with van der Waals surface area (Å²) in [6.07, 6.45) is 0. The lowest BCUT2D eigenvalue weighted by molar-refractivity contribution is 0.0949. The van der Waals surface area contributed by atoms with Gasteiger partial charge < -0.3 is 23.9 Å². The van der Waals surface area contributed by atoms with E-state index in [1.807, 2.05) is 26.0 Å². The summed E-state index contributed by atoms with van der Waals surface area (Å²) in [5, 5.41) is 2.90. The standard InChI is InChI=1S/C19H25NO5/c1-11(2)15-9-14(12(3)25-15)19(21)20-10-13-7-16(22-4)18(24-6)17(8-13)23-5/h7-9,11H,10H2,1-6H3,(H,20,21). The van der Waals surface area contributed by atoms with Crippen LogP contribution in [0.2, 0.25) is 0 Å². The van der Waals surface area contributed by atoms with Gasteiger partial charge >= 0.3 is 0 Å².